The first kappa shape index (κ1) is 20.4. The van der Waals surface area contributed by atoms with Gasteiger partial charge in [-0.15, -0.1) is 0 Å². The second kappa shape index (κ2) is 9.31. The predicted octanol–water partition coefficient (Wildman–Crippen LogP) is 5.33. The van der Waals surface area contributed by atoms with Crippen molar-refractivity contribution < 1.29 is 9.90 Å². The maximum atomic E-state index is 13.0. The molecule has 1 atom stereocenters. The van der Waals surface area contributed by atoms with Crippen LogP contribution in [0, 0.1) is 0 Å². The molecule has 1 saturated heterocycles. The number of hydrogen-bond acceptors (Lipinski definition) is 3. The van der Waals surface area contributed by atoms with Crippen LogP contribution in [0.4, 0.5) is 0 Å². The normalized spacial score (nSPS) is 16.4. The minimum Gasteiger partial charge on any atom is -0.508 e. The molecule has 0 bridgehead atoms. The molecule has 0 radical (unpaired) electrons. The number of benzene rings is 2. The van der Waals surface area contributed by atoms with E-state index in [1.807, 2.05) is 41.4 Å². The monoisotopic (exact) mass is 420 g/mol. The SMILES string of the molecule is O=C(Cc1ccc(O)cc1)N1CCCC[C@H]1c1ccc(Cc2ccccc2Cl)nc1. The molecule has 4 nitrogen and oxygen atoms in total. The molecule has 2 heterocycles. The molecular formula is C25H25ClN2O2. The summed E-state index contributed by atoms with van der Waals surface area (Å²) >= 11 is 6.27. The Hall–Kier alpha value is -2.85. The van der Waals surface area contributed by atoms with Crippen molar-refractivity contribution in [3.05, 3.63) is 94.3 Å². The molecule has 0 aliphatic carbocycles. The number of aromatic hydroxyl groups is 1. The van der Waals surface area contributed by atoms with E-state index in [4.69, 9.17) is 11.6 Å². The minimum atomic E-state index is 0.0604. The fourth-order valence-electron chi connectivity index (χ4n) is 4.04. The summed E-state index contributed by atoms with van der Waals surface area (Å²) in [5.41, 5.74) is 4.01. The Bertz CT molecular complexity index is 1000. The topological polar surface area (TPSA) is 53.4 Å². The largest absolute Gasteiger partial charge is 0.508 e. The standard InChI is InChI=1S/C25H25ClN2O2/c26-23-6-2-1-5-19(23)16-21-11-10-20(17-27-21)24-7-3-4-14-28(24)25(30)15-18-8-12-22(29)13-9-18/h1-2,5-6,8-13,17,24,29H,3-4,7,14-16H2/t24-/m0/s1. The van der Waals surface area contributed by atoms with E-state index in [2.05, 4.69) is 11.1 Å². The molecule has 0 saturated carbocycles. The summed E-state index contributed by atoms with van der Waals surface area (Å²) in [6.07, 6.45) is 6.02. The molecule has 4 rings (SSSR count). The third-order valence-corrected chi connectivity index (χ3v) is 6.05. The van der Waals surface area contributed by atoms with Gasteiger partial charge in [0.1, 0.15) is 5.75 Å². The molecule has 5 heteroatoms. The van der Waals surface area contributed by atoms with E-state index >= 15 is 0 Å². The number of carbonyl (C=O) groups excluding carboxylic acids is 1. The van der Waals surface area contributed by atoms with Crippen molar-refractivity contribution in [1.82, 2.24) is 9.88 Å². The van der Waals surface area contributed by atoms with Gasteiger partial charge in [-0.1, -0.05) is 48.0 Å². The van der Waals surface area contributed by atoms with Crippen molar-refractivity contribution in [3.63, 3.8) is 0 Å². The van der Waals surface area contributed by atoms with Crippen LogP contribution in [0.5, 0.6) is 5.75 Å². The van der Waals surface area contributed by atoms with E-state index in [1.165, 1.54) is 0 Å². The number of phenolic OH excluding ortho intramolecular Hbond substituents is 1. The summed E-state index contributed by atoms with van der Waals surface area (Å²) in [5.74, 6) is 0.329. The molecule has 2 aromatic carbocycles. The Morgan fingerprint density at radius 3 is 2.60 bits per heavy atom. The van der Waals surface area contributed by atoms with Crippen LogP contribution >= 0.6 is 11.6 Å². The summed E-state index contributed by atoms with van der Waals surface area (Å²) in [6, 6.07) is 18.9. The van der Waals surface area contributed by atoms with Crippen LogP contribution in [0.2, 0.25) is 5.02 Å². The lowest BCUT2D eigenvalue weighted by Crippen LogP contribution is -2.39. The summed E-state index contributed by atoms with van der Waals surface area (Å²) in [7, 11) is 0. The molecule has 1 aliphatic rings. The molecule has 154 valence electrons. The lowest BCUT2D eigenvalue weighted by Gasteiger charge is -2.36. The quantitative estimate of drug-likeness (QED) is 0.607. The summed E-state index contributed by atoms with van der Waals surface area (Å²) in [4.78, 5) is 19.7. The Kier molecular flexibility index (Phi) is 6.34. The molecular weight excluding hydrogens is 396 g/mol. The van der Waals surface area contributed by atoms with Gasteiger partial charge in [0.05, 0.1) is 12.5 Å². The number of phenols is 1. The van der Waals surface area contributed by atoms with Crippen LogP contribution in [0.25, 0.3) is 0 Å². The highest BCUT2D eigenvalue weighted by atomic mass is 35.5. The van der Waals surface area contributed by atoms with Gasteiger partial charge in [0.25, 0.3) is 0 Å². The Balaban J connectivity index is 1.47. The molecule has 1 aromatic heterocycles. The zero-order chi connectivity index (χ0) is 20.9. The predicted molar refractivity (Wildman–Crippen MR) is 119 cm³/mol. The average molecular weight is 421 g/mol. The van der Waals surface area contributed by atoms with Crippen LogP contribution in [-0.4, -0.2) is 27.4 Å². The number of likely N-dealkylation sites (tertiary alicyclic amines) is 1. The van der Waals surface area contributed by atoms with Gasteiger partial charge in [-0.25, -0.2) is 0 Å². The van der Waals surface area contributed by atoms with Crippen LogP contribution in [-0.2, 0) is 17.6 Å². The van der Waals surface area contributed by atoms with Crippen molar-refractivity contribution in [2.75, 3.05) is 6.54 Å². The van der Waals surface area contributed by atoms with Crippen LogP contribution in [0.15, 0.2) is 66.9 Å². The van der Waals surface area contributed by atoms with Crippen LogP contribution in [0.1, 0.15) is 47.7 Å². The first-order valence-electron chi connectivity index (χ1n) is 10.4. The summed E-state index contributed by atoms with van der Waals surface area (Å²) < 4.78 is 0. The minimum absolute atomic E-state index is 0.0604. The number of aromatic nitrogens is 1. The second-order valence-corrected chi connectivity index (χ2v) is 8.20. The van der Waals surface area contributed by atoms with Gasteiger partial charge in [-0.2, -0.15) is 0 Å². The fourth-order valence-corrected chi connectivity index (χ4v) is 4.24. The van der Waals surface area contributed by atoms with E-state index in [0.29, 0.717) is 12.8 Å². The Morgan fingerprint density at radius 2 is 1.87 bits per heavy atom. The zero-order valence-electron chi connectivity index (χ0n) is 16.8. The lowest BCUT2D eigenvalue weighted by atomic mass is 9.95. The van der Waals surface area contributed by atoms with Gasteiger partial charge < -0.3 is 10.0 Å². The fraction of sp³-hybridized carbons (Fsp3) is 0.280. The number of amides is 1. The van der Waals surface area contributed by atoms with E-state index < -0.39 is 0 Å². The first-order chi connectivity index (χ1) is 14.6. The maximum absolute atomic E-state index is 13.0. The van der Waals surface area contributed by atoms with Crippen LogP contribution in [0.3, 0.4) is 0 Å². The van der Waals surface area contributed by atoms with Gasteiger partial charge in [0, 0.05) is 29.9 Å². The highest BCUT2D eigenvalue weighted by molar-refractivity contribution is 6.31. The van der Waals surface area contributed by atoms with E-state index in [9.17, 15) is 9.90 Å². The molecule has 30 heavy (non-hydrogen) atoms. The van der Waals surface area contributed by atoms with Gasteiger partial charge >= 0.3 is 0 Å². The molecule has 3 aromatic rings. The third-order valence-electron chi connectivity index (χ3n) is 5.68. The number of piperidine rings is 1. The Morgan fingerprint density at radius 1 is 1.07 bits per heavy atom. The number of rotatable bonds is 5. The lowest BCUT2D eigenvalue weighted by molar-refractivity contribution is -0.134. The third kappa shape index (κ3) is 4.82. The molecule has 1 fully saturated rings. The highest BCUT2D eigenvalue weighted by Gasteiger charge is 2.28. The second-order valence-electron chi connectivity index (χ2n) is 7.79. The van der Waals surface area contributed by atoms with Gasteiger partial charge in [0.15, 0.2) is 0 Å². The van der Waals surface area contributed by atoms with E-state index in [-0.39, 0.29) is 17.7 Å². The maximum Gasteiger partial charge on any atom is 0.227 e. The molecule has 1 aliphatic heterocycles. The number of carbonyl (C=O) groups is 1. The molecule has 0 unspecified atom stereocenters. The Labute approximate surface area is 182 Å². The molecule has 0 spiro atoms. The number of nitrogens with zero attached hydrogens (tertiary/aromatic N) is 2. The average Bonchev–Trinajstić information content (AvgIpc) is 2.77. The number of halogens is 1. The van der Waals surface area contributed by atoms with E-state index in [1.54, 1.807) is 24.3 Å². The van der Waals surface area contributed by atoms with Crippen molar-refractivity contribution in [1.29, 1.82) is 0 Å². The van der Waals surface area contributed by atoms with Crippen LogP contribution < -0.4 is 0 Å². The number of hydrogen-bond donors (Lipinski definition) is 1. The van der Waals surface area contributed by atoms with Crippen molar-refractivity contribution >= 4 is 17.5 Å². The molecule has 1 N–H and O–H groups in total. The summed E-state index contributed by atoms with van der Waals surface area (Å²) in [6.45, 7) is 0.767. The van der Waals surface area contributed by atoms with Crippen molar-refractivity contribution in [3.8, 4) is 5.75 Å². The first-order valence-corrected chi connectivity index (χ1v) is 10.7. The zero-order valence-corrected chi connectivity index (χ0v) is 17.6. The van der Waals surface area contributed by atoms with Crippen molar-refractivity contribution in [2.24, 2.45) is 0 Å². The number of pyridine rings is 1. The summed E-state index contributed by atoms with van der Waals surface area (Å²) in [5, 5.41) is 10.2. The smallest absolute Gasteiger partial charge is 0.227 e. The van der Waals surface area contributed by atoms with Gasteiger partial charge in [0.2, 0.25) is 5.91 Å². The van der Waals surface area contributed by atoms with Crippen molar-refractivity contribution in [2.45, 2.75) is 38.1 Å². The van der Waals surface area contributed by atoms with Gasteiger partial charge in [-0.05, 0) is 60.2 Å². The highest BCUT2D eigenvalue weighted by Crippen LogP contribution is 2.31. The van der Waals surface area contributed by atoms with E-state index in [0.717, 1.165) is 53.2 Å². The molecule has 1 amide bonds. The van der Waals surface area contributed by atoms with Gasteiger partial charge in [-0.3, -0.25) is 9.78 Å².